The van der Waals surface area contributed by atoms with Gasteiger partial charge in [0.1, 0.15) is 18.5 Å². The third-order valence-corrected chi connectivity index (χ3v) is 7.45. The van der Waals surface area contributed by atoms with Crippen LogP contribution in [0.4, 0.5) is 0 Å². The molecular weight excluding hydrogens is 464 g/mol. The number of methoxy groups -OCH3 is 1. The third kappa shape index (κ3) is 4.74. The Kier molecular flexibility index (Phi) is 8.00. The average Bonchev–Trinajstić information content (AvgIpc) is 3.28. The lowest BCUT2D eigenvalue weighted by Crippen LogP contribution is -2.59. The number of ether oxygens (including phenoxy) is 2. The summed E-state index contributed by atoms with van der Waals surface area (Å²) in [5.41, 5.74) is 1.27. The van der Waals surface area contributed by atoms with Crippen molar-refractivity contribution in [3.05, 3.63) is 34.9 Å². The number of fused-ring (bicyclic) bond motifs is 3. The van der Waals surface area contributed by atoms with E-state index in [0.29, 0.717) is 34.5 Å². The van der Waals surface area contributed by atoms with Crippen LogP contribution in [-0.2, 0) is 9.59 Å². The first-order chi connectivity index (χ1) is 17.3. The molecule has 1 aromatic carbocycles. The van der Waals surface area contributed by atoms with Crippen molar-refractivity contribution < 1.29 is 34.1 Å². The Hall–Kier alpha value is -2.91. The summed E-state index contributed by atoms with van der Waals surface area (Å²) in [5.74, 6) is -0.728. The zero-order valence-corrected chi connectivity index (χ0v) is 21.1. The molecule has 9 nitrogen and oxygen atoms in total. The molecular formula is C27H36N2O7. The van der Waals surface area contributed by atoms with Gasteiger partial charge in [0, 0.05) is 35.2 Å². The summed E-state index contributed by atoms with van der Waals surface area (Å²) in [4.78, 5) is 40.2. The molecule has 3 N–H and O–H groups in total. The smallest absolute Gasteiger partial charge is 0.247 e. The van der Waals surface area contributed by atoms with Crippen LogP contribution in [0.25, 0.3) is 0 Å². The lowest BCUT2D eigenvalue weighted by atomic mass is 9.76. The molecule has 1 heterocycles. The number of carbonyl (C=O) groups is 3. The second-order valence-electron chi connectivity index (χ2n) is 10.1. The van der Waals surface area contributed by atoms with Gasteiger partial charge in [-0.25, -0.2) is 0 Å². The Morgan fingerprint density at radius 2 is 1.97 bits per heavy atom. The topological polar surface area (TPSA) is 125 Å². The monoisotopic (exact) mass is 500 g/mol. The number of hydrogen-bond donors (Lipinski definition) is 3. The summed E-state index contributed by atoms with van der Waals surface area (Å²) in [7, 11) is 1.46. The SMILES string of the molecule is COc1cc(C=O)cc2c1OC1C2C(C(=O)NCCO)=CC(N(C(=O)C(C)C)C2CCCCC2)C1O. The molecule has 4 rings (SSSR count). The Bertz CT molecular complexity index is 1030. The van der Waals surface area contributed by atoms with Gasteiger partial charge in [0.15, 0.2) is 11.5 Å². The van der Waals surface area contributed by atoms with Gasteiger partial charge in [0.25, 0.3) is 0 Å². The normalized spacial score (nSPS) is 25.3. The Morgan fingerprint density at radius 3 is 2.58 bits per heavy atom. The predicted octanol–water partition coefficient (Wildman–Crippen LogP) is 1.95. The zero-order valence-electron chi connectivity index (χ0n) is 21.1. The molecule has 9 heteroatoms. The largest absolute Gasteiger partial charge is 0.493 e. The van der Waals surface area contributed by atoms with Gasteiger partial charge >= 0.3 is 0 Å². The summed E-state index contributed by atoms with van der Waals surface area (Å²) in [6.07, 6.45) is 5.22. The number of carbonyl (C=O) groups excluding carboxylic acids is 3. The molecule has 3 aliphatic rings. The number of rotatable bonds is 8. The average molecular weight is 501 g/mol. The molecule has 4 atom stereocenters. The predicted molar refractivity (Wildman–Crippen MR) is 132 cm³/mol. The molecule has 1 fully saturated rings. The Balaban J connectivity index is 1.83. The van der Waals surface area contributed by atoms with Crippen molar-refractivity contribution in [2.75, 3.05) is 20.3 Å². The number of nitrogens with zero attached hydrogens (tertiary/aromatic N) is 1. The van der Waals surface area contributed by atoms with Crippen molar-refractivity contribution in [3.63, 3.8) is 0 Å². The summed E-state index contributed by atoms with van der Waals surface area (Å²) >= 11 is 0. The van der Waals surface area contributed by atoms with Gasteiger partial charge in [-0.2, -0.15) is 0 Å². The number of aliphatic hydroxyl groups excluding tert-OH is 2. The lowest BCUT2D eigenvalue weighted by Gasteiger charge is -2.45. The fourth-order valence-electron chi connectivity index (χ4n) is 5.76. The van der Waals surface area contributed by atoms with Crippen LogP contribution >= 0.6 is 0 Å². The molecule has 1 aliphatic heterocycles. The molecule has 196 valence electrons. The standard InChI is InChI=1S/C27H36N2O7/c1-15(2)27(34)29(17-7-5-4-6-8-17)20-13-19(26(33)28-9-10-30)22-18-11-16(14-31)12-21(35-3)24(18)36-25(22)23(20)32/h11-15,17,20,22-23,25,30,32H,4-10H2,1-3H3,(H,28,33). The quantitative estimate of drug-likeness (QED) is 0.466. The molecule has 2 aliphatic carbocycles. The third-order valence-electron chi connectivity index (χ3n) is 7.45. The van der Waals surface area contributed by atoms with E-state index in [-0.39, 0.29) is 31.0 Å². The number of aldehydes is 1. The maximum Gasteiger partial charge on any atom is 0.247 e. The van der Waals surface area contributed by atoms with Crippen molar-refractivity contribution in [1.82, 2.24) is 10.2 Å². The van der Waals surface area contributed by atoms with Crippen LogP contribution in [0.5, 0.6) is 11.5 Å². The van der Waals surface area contributed by atoms with Gasteiger partial charge in [0.05, 0.1) is 25.7 Å². The number of benzene rings is 1. The first-order valence-electron chi connectivity index (χ1n) is 12.8. The minimum atomic E-state index is -1.11. The fraction of sp³-hybridized carbons (Fsp3) is 0.593. The van der Waals surface area contributed by atoms with E-state index in [1.807, 2.05) is 13.8 Å². The van der Waals surface area contributed by atoms with E-state index in [2.05, 4.69) is 5.32 Å². The Labute approximate surface area is 211 Å². The van der Waals surface area contributed by atoms with Crippen molar-refractivity contribution in [1.29, 1.82) is 0 Å². The minimum absolute atomic E-state index is 0.0390. The van der Waals surface area contributed by atoms with Gasteiger partial charge in [-0.3, -0.25) is 14.4 Å². The minimum Gasteiger partial charge on any atom is -0.493 e. The van der Waals surface area contributed by atoms with Crippen molar-refractivity contribution in [3.8, 4) is 11.5 Å². The lowest BCUT2D eigenvalue weighted by molar-refractivity contribution is -0.144. The number of nitrogens with one attached hydrogen (secondary N) is 1. The van der Waals surface area contributed by atoms with E-state index in [4.69, 9.17) is 9.47 Å². The van der Waals surface area contributed by atoms with Crippen LogP contribution < -0.4 is 14.8 Å². The summed E-state index contributed by atoms with van der Waals surface area (Å²) in [6, 6.07) is 2.40. The zero-order chi connectivity index (χ0) is 26.0. The molecule has 0 radical (unpaired) electrons. The highest BCUT2D eigenvalue weighted by atomic mass is 16.5. The van der Waals surface area contributed by atoms with Crippen LogP contribution in [0.1, 0.15) is 67.8 Å². The van der Waals surface area contributed by atoms with Crippen LogP contribution in [-0.4, -0.2) is 77.8 Å². The van der Waals surface area contributed by atoms with E-state index in [9.17, 15) is 24.6 Å². The highest BCUT2D eigenvalue weighted by Crippen LogP contribution is 2.51. The van der Waals surface area contributed by atoms with E-state index in [1.165, 1.54) is 7.11 Å². The molecule has 1 saturated carbocycles. The van der Waals surface area contributed by atoms with E-state index in [0.717, 1.165) is 32.1 Å². The molecule has 4 unspecified atom stereocenters. The molecule has 2 amide bonds. The second kappa shape index (κ2) is 11.0. The highest BCUT2D eigenvalue weighted by molar-refractivity contribution is 5.96. The molecule has 0 aromatic heterocycles. The highest BCUT2D eigenvalue weighted by Gasteiger charge is 2.52. The molecule has 1 aromatic rings. The van der Waals surface area contributed by atoms with Gasteiger partial charge < -0.3 is 29.9 Å². The first kappa shape index (κ1) is 26.2. The van der Waals surface area contributed by atoms with E-state index >= 15 is 0 Å². The number of aliphatic hydroxyl groups is 2. The number of hydrogen-bond acceptors (Lipinski definition) is 7. The Morgan fingerprint density at radius 1 is 1.25 bits per heavy atom. The molecule has 0 spiro atoms. The summed E-state index contributed by atoms with van der Waals surface area (Å²) < 4.78 is 11.7. The maximum absolute atomic E-state index is 13.5. The first-order valence-corrected chi connectivity index (χ1v) is 12.8. The maximum atomic E-state index is 13.5. The van der Waals surface area contributed by atoms with Crippen LogP contribution in [0.2, 0.25) is 0 Å². The molecule has 0 saturated heterocycles. The van der Waals surface area contributed by atoms with Crippen LogP contribution in [0.15, 0.2) is 23.8 Å². The van der Waals surface area contributed by atoms with E-state index in [1.54, 1.807) is 23.1 Å². The second-order valence-corrected chi connectivity index (χ2v) is 10.1. The summed E-state index contributed by atoms with van der Waals surface area (Å²) in [5, 5.41) is 23.6. The van der Waals surface area contributed by atoms with Crippen LogP contribution in [0.3, 0.4) is 0 Å². The fourth-order valence-corrected chi connectivity index (χ4v) is 5.76. The van der Waals surface area contributed by atoms with Gasteiger partial charge in [-0.05, 0) is 31.1 Å². The van der Waals surface area contributed by atoms with Gasteiger partial charge in [-0.1, -0.05) is 33.1 Å². The van der Waals surface area contributed by atoms with Crippen molar-refractivity contribution >= 4 is 18.1 Å². The molecule has 36 heavy (non-hydrogen) atoms. The van der Waals surface area contributed by atoms with Crippen LogP contribution in [0, 0.1) is 5.92 Å². The summed E-state index contributed by atoms with van der Waals surface area (Å²) in [6.45, 7) is 3.50. The van der Waals surface area contributed by atoms with E-state index < -0.39 is 30.1 Å². The van der Waals surface area contributed by atoms with Crippen molar-refractivity contribution in [2.24, 2.45) is 5.92 Å². The van der Waals surface area contributed by atoms with Gasteiger partial charge in [0.2, 0.25) is 11.8 Å². The van der Waals surface area contributed by atoms with Gasteiger partial charge in [-0.15, -0.1) is 0 Å². The number of amides is 2. The van der Waals surface area contributed by atoms with Crippen molar-refractivity contribution in [2.45, 2.75) is 76.2 Å². The molecule has 0 bridgehead atoms.